The van der Waals surface area contributed by atoms with Gasteiger partial charge in [-0.3, -0.25) is 10.1 Å². The van der Waals surface area contributed by atoms with Crippen LogP contribution in [0.2, 0.25) is 0 Å². The molecule has 6 heteroatoms. The van der Waals surface area contributed by atoms with Crippen molar-refractivity contribution < 1.29 is 19.6 Å². The Bertz CT molecular complexity index is 625. The van der Waals surface area contributed by atoms with Gasteiger partial charge in [0, 0.05) is 12.1 Å². The van der Waals surface area contributed by atoms with Gasteiger partial charge in [-0.15, -0.1) is 0 Å². The molecule has 0 aliphatic carbocycles. The van der Waals surface area contributed by atoms with Crippen molar-refractivity contribution in [2.45, 2.75) is 13.8 Å². The molecule has 0 aliphatic heterocycles. The molecule has 6 nitrogen and oxygen atoms in total. The number of carbonyl (C=O) groups is 1. The van der Waals surface area contributed by atoms with Crippen LogP contribution < -0.4 is 4.74 Å². The standard InChI is InChI=1S/C13H9NO5.C2H6/c15-13(16)11-8-10(6-7-12(11)14(17)18)19-9-4-2-1-3-5-9;1-2/h1-8H,(H,15,16);1-2H3. The van der Waals surface area contributed by atoms with Crippen LogP contribution in [0.3, 0.4) is 0 Å². The molecule has 0 fully saturated rings. The molecule has 0 heterocycles. The van der Waals surface area contributed by atoms with E-state index >= 15 is 0 Å². The molecule has 1 N–H and O–H groups in total. The second kappa shape index (κ2) is 7.64. The van der Waals surface area contributed by atoms with Crippen molar-refractivity contribution >= 4 is 11.7 Å². The van der Waals surface area contributed by atoms with Crippen LogP contribution in [0.4, 0.5) is 5.69 Å². The fourth-order valence-corrected chi connectivity index (χ4v) is 1.53. The van der Waals surface area contributed by atoms with Gasteiger partial charge in [0.25, 0.3) is 5.69 Å². The van der Waals surface area contributed by atoms with Gasteiger partial charge in [0.15, 0.2) is 0 Å². The number of nitro benzene ring substituents is 1. The molecule has 0 aromatic heterocycles. The highest BCUT2D eigenvalue weighted by atomic mass is 16.6. The molecule has 0 saturated heterocycles. The first-order chi connectivity index (χ1) is 10.1. The Morgan fingerprint density at radius 1 is 1.10 bits per heavy atom. The monoisotopic (exact) mass is 289 g/mol. The van der Waals surface area contributed by atoms with Crippen LogP contribution in [-0.2, 0) is 0 Å². The number of nitrogens with zero attached hydrogens (tertiary/aromatic N) is 1. The predicted molar refractivity (Wildman–Crippen MR) is 77.9 cm³/mol. The Labute approximate surface area is 121 Å². The molecule has 0 unspecified atom stereocenters. The lowest BCUT2D eigenvalue weighted by atomic mass is 10.1. The Morgan fingerprint density at radius 3 is 2.24 bits per heavy atom. The zero-order valence-corrected chi connectivity index (χ0v) is 11.6. The average molecular weight is 289 g/mol. The van der Waals surface area contributed by atoms with Crippen molar-refractivity contribution in [1.29, 1.82) is 0 Å². The predicted octanol–water partition coefficient (Wildman–Crippen LogP) is 4.11. The second-order valence-corrected chi connectivity index (χ2v) is 3.66. The molecular weight excluding hydrogens is 274 g/mol. The summed E-state index contributed by atoms with van der Waals surface area (Å²) < 4.78 is 5.42. The van der Waals surface area contributed by atoms with Gasteiger partial charge in [0.2, 0.25) is 0 Å². The summed E-state index contributed by atoms with van der Waals surface area (Å²) in [5.41, 5.74) is -0.869. The average Bonchev–Trinajstić information content (AvgIpc) is 2.50. The molecule has 0 bridgehead atoms. The maximum absolute atomic E-state index is 11.0. The third-order valence-corrected chi connectivity index (χ3v) is 2.37. The first-order valence-corrected chi connectivity index (χ1v) is 6.32. The minimum Gasteiger partial charge on any atom is -0.477 e. The third kappa shape index (κ3) is 4.31. The maximum Gasteiger partial charge on any atom is 0.342 e. The Hall–Kier alpha value is -2.89. The summed E-state index contributed by atoms with van der Waals surface area (Å²) in [5, 5.41) is 19.6. The maximum atomic E-state index is 11.0. The second-order valence-electron chi connectivity index (χ2n) is 3.66. The number of ether oxygens (including phenoxy) is 1. The highest BCUT2D eigenvalue weighted by molar-refractivity contribution is 5.92. The van der Waals surface area contributed by atoms with Crippen molar-refractivity contribution in [3.63, 3.8) is 0 Å². The summed E-state index contributed by atoms with van der Waals surface area (Å²) in [6.45, 7) is 4.00. The fourth-order valence-electron chi connectivity index (χ4n) is 1.53. The molecule has 0 saturated carbocycles. The highest BCUT2D eigenvalue weighted by Crippen LogP contribution is 2.27. The first-order valence-electron chi connectivity index (χ1n) is 6.32. The Balaban J connectivity index is 0.00000106. The number of benzene rings is 2. The van der Waals surface area contributed by atoms with Gasteiger partial charge in [0.1, 0.15) is 17.1 Å². The lowest BCUT2D eigenvalue weighted by Gasteiger charge is -2.06. The molecule has 2 rings (SSSR count). The quantitative estimate of drug-likeness (QED) is 0.675. The summed E-state index contributed by atoms with van der Waals surface area (Å²) >= 11 is 0. The van der Waals surface area contributed by atoms with Crippen LogP contribution in [0.1, 0.15) is 24.2 Å². The number of carboxylic acid groups (broad SMARTS) is 1. The number of hydrogen-bond acceptors (Lipinski definition) is 4. The van der Waals surface area contributed by atoms with E-state index in [1.165, 1.54) is 6.07 Å². The van der Waals surface area contributed by atoms with E-state index < -0.39 is 22.1 Å². The smallest absolute Gasteiger partial charge is 0.342 e. The summed E-state index contributed by atoms with van der Waals surface area (Å²) in [6, 6.07) is 12.3. The van der Waals surface area contributed by atoms with Gasteiger partial charge in [0.05, 0.1) is 4.92 Å². The van der Waals surface area contributed by atoms with Crippen LogP contribution in [0.15, 0.2) is 48.5 Å². The third-order valence-electron chi connectivity index (χ3n) is 2.37. The molecule has 0 amide bonds. The van der Waals surface area contributed by atoms with Crippen LogP contribution in [0.25, 0.3) is 0 Å². The fraction of sp³-hybridized carbons (Fsp3) is 0.133. The van der Waals surface area contributed by atoms with Crippen molar-refractivity contribution in [1.82, 2.24) is 0 Å². The highest BCUT2D eigenvalue weighted by Gasteiger charge is 2.20. The summed E-state index contributed by atoms with van der Waals surface area (Å²) in [7, 11) is 0. The summed E-state index contributed by atoms with van der Waals surface area (Å²) in [4.78, 5) is 20.9. The van der Waals surface area contributed by atoms with Gasteiger partial charge in [-0.1, -0.05) is 32.0 Å². The molecule has 2 aromatic carbocycles. The van der Waals surface area contributed by atoms with Crippen molar-refractivity contribution in [2.24, 2.45) is 0 Å². The molecule has 21 heavy (non-hydrogen) atoms. The normalized spacial score (nSPS) is 9.24. The van der Waals surface area contributed by atoms with Gasteiger partial charge in [-0.2, -0.15) is 0 Å². The largest absolute Gasteiger partial charge is 0.477 e. The lowest BCUT2D eigenvalue weighted by Crippen LogP contribution is -2.02. The Morgan fingerprint density at radius 2 is 1.71 bits per heavy atom. The van der Waals surface area contributed by atoms with E-state index in [0.717, 1.165) is 12.1 Å². The van der Waals surface area contributed by atoms with Gasteiger partial charge < -0.3 is 9.84 Å². The van der Waals surface area contributed by atoms with Gasteiger partial charge in [-0.25, -0.2) is 4.79 Å². The number of aromatic carboxylic acids is 1. The minimum absolute atomic E-state index is 0.231. The number of rotatable bonds is 4. The van der Waals surface area contributed by atoms with Gasteiger partial charge in [-0.05, 0) is 18.2 Å². The lowest BCUT2D eigenvalue weighted by molar-refractivity contribution is -0.385. The Kier molecular flexibility index (Phi) is 5.88. The summed E-state index contributed by atoms with van der Waals surface area (Å²) in [5.74, 6) is -0.618. The molecule has 0 spiro atoms. The minimum atomic E-state index is -1.37. The van der Waals surface area contributed by atoms with Crippen molar-refractivity contribution in [3.05, 3.63) is 64.2 Å². The van der Waals surface area contributed by atoms with E-state index in [2.05, 4.69) is 0 Å². The molecule has 0 radical (unpaired) electrons. The molecule has 2 aromatic rings. The number of hydrogen-bond donors (Lipinski definition) is 1. The SMILES string of the molecule is CC.O=C(O)c1cc(Oc2ccccc2)ccc1[N+](=O)[O-]. The van der Waals surface area contributed by atoms with Crippen molar-refractivity contribution in [2.75, 3.05) is 0 Å². The summed E-state index contributed by atoms with van der Waals surface area (Å²) in [6.07, 6.45) is 0. The number of para-hydroxylation sites is 1. The van der Waals surface area contributed by atoms with E-state index in [4.69, 9.17) is 9.84 Å². The molecular formula is C15H15NO5. The number of nitro groups is 1. The number of carboxylic acids is 1. The molecule has 0 aliphatic rings. The van der Waals surface area contributed by atoms with Crippen LogP contribution in [0.5, 0.6) is 11.5 Å². The topological polar surface area (TPSA) is 89.7 Å². The van der Waals surface area contributed by atoms with E-state index in [9.17, 15) is 14.9 Å². The van der Waals surface area contributed by atoms with E-state index in [1.807, 2.05) is 19.9 Å². The van der Waals surface area contributed by atoms with Crippen LogP contribution in [0, 0.1) is 10.1 Å². The molecule has 0 atom stereocenters. The van der Waals surface area contributed by atoms with E-state index in [0.29, 0.717) is 5.75 Å². The van der Waals surface area contributed by atoms with Crippen LogP contribution >= 0.6 is 0 Å². The van der Waals surface area contributed by atoms with Gasteiger partial charge >= 0.3 is 5.97 Å². The van der Waals surface area contributed by atoms with Crippen LogP contribution in [-0.4, -0.2) is 16.0 Å². The first kappa shape index (κ1) is 16.2. The van der Waals surface area contributed by atoms with E-state index in [-0.39, 0.29) is 5.75 Å². The van der Waals surface area contributed by atoms with Crippen molar-refractivity contribution in [3.8, 4) is 11.5 Å². The zero-order valence-electron chi connectivity index (χ0n) is 11.6. The molecule has 110 valence electrons. The van der Waals surface area contributed by atoms with E-state index in [1.54, 1.807) is 24.3 Å². The zero-order chi connectivity index (χ0) is 15.8.